The molecule has 4 nitrogen and oxygen atoms in total. The Morgan fingerprint density at radius 3 is 2.50 bits per heavy atom. The second kappa shape index (κ2) is 5.98. The van der Waals surface area contributed by atoms with Crippen molar-refractivity contribution in [3.8, 4) is 0 Å². The van der Waals surface area contributed by atoms with Gasteiger partial charge in [-0.3, -0.25) is 4.79 Å². The minimum Gasteiger partial charge on any atom is -0.396 e. The van der Waals surface area contributed by atoms with Gasteiger partial charge < -0.3 is 15.7 Å². The third-order valence-corrected chi connectivity index (χ3v) is 2.43. The van der Waals surface area contributed by atoms with Crippen LogP contribution in [0.25, 0.3) is 0 Å². The maximum Gasteiger partial charge on any atom is 0.239 e. The fourth-order valence-electron chi connectivity index (χ4n) is 0.924. The number of carbonyl (C=O) groups excluding carboxylic acids is 1. The van der Waals surface area contributed by atoms with Crippen LogP contribution in [-0.2, 0) is 4.79 Å². The van der Waals surface area contributed by atoms with Gasteiger partial charge in [-0.25, -0.2) is 0 Å². The second-order valence-corrected chi connectivity index (χ2v) is 4.20. The Hall–Kier alpha value is -0.610. The van der Waals surface area contributed by atoms with Crippen molar-refractivity contribution >= 4 is 5.91 Å². The van der Waals surface area contributed by atoms with Gasteiger partial charge in [0.1, 0.15) is 0 Å². The Bertz CT molecular complexity index is 181. The number of hydrogen-bond donors (Lipinski definition) is 3. The Labute approximate surface area is 86.1 Å². The first-order valence-electron chi connectivity index (χ1n) is 5.02. The molecule has 0 rings (SSSR count). The number of hydrogen-bond acceptors (Lipinski definition) is 3. The summed E-state index contributed by atoms with van der Waals surface area (Å²) in [7, 11) is 1.76. The highest BCUT2D eigenvalue weighted by Crippen LogP contribution is 2.02. The molecular weight excluding hydrogens is 180 g/mol. The number of carbonyl (C=O) groups is 1. The van der Waals surface area contributed by atoms with Crippen LogP contribution >= 0.6 is 0 Å². The molecule has 0 aliphatic rings. The lowest BCUT2D eigenvalue weighted by Gasteiger charge is -2.23. The summed E-state index contributed by atoms with van der Waals surface area (Å²) in [6.07, 6.45) is 0.722. The first kappa shape index (κ1) is 13.4. The fraction of sp³-hybridized carbons (Fsp3) is 0.900. The van der Waals surface area contributed by atoms with Gasteiger partial charge in [0.2, 0.25) is 5.91 Å². The third kappa shape index (κ3) is 4.58. The summed E-state index contributed by atoms with van der Waals surface area (Å²) in [5.41, 5.74) is -0.529. The Morgan fingerprint density at radius 1 is 1.50 bits per heavy atom. The van der Waals surface area contributed by atoms with E-state index in [0.717, 1.165) is 6.42 Å². The lowest BCUT2D eigenvalue weighted by atomic mass is 10.0. The second-order valence-electron chi connectivity index (χ2n) is 4.20. The van der Waals surface area contributed by atoms with Crippen LogP contribution in [0.5, 0.6) is 0 Å². The monoisotopic (exact) mass is 202 g/mol. The van der Waals surface area contributed by atoms with E-state index in [1.54, 1.807) is 7.05 Å². The van der Waals surface area contributed by atoms with Crippen molar-refractivity contribution in [2.24, 2.45) is 5.92 Å². The minimum atomic E-state index is -0.529. The first-order chi connectivity index (χ1) is 6.44. The van der Waals surface area contributed by atoms with E-state index in [4.69, 9.17) is 5.11 Å². The first-order valence-corrected chi connectivity index (χ1v) is 5.02. The van der Waals surface area contributed by atoms with Crippen LogP contribution in [-0.4, -0.2) is 36.8 Å². The zero-order chi connectivity index (χ0) is 11.2. The standard InChI is InChI=1S/C10H22N2O2/c1-8(5-6-13)7-12-9(14)10(2,3)11-4/h8,11,13H,5-7H2,1-4H3,(H,12,14). The zero-order valence-electron chi connectivity index (χ0n) is 9.55. The number of amides is 1. The predicted octanol–water partition coefficient (Wildman–Crippen LogP) is 0.119. The van der Waals surface area contributed by atoms with Crippen molar-refractivity contribution in [2.45, 2.75) is 32.7 Å². The van der Waals surface area contributed by atoms with E-state index in [0.29, 0.717) is 12.5 Å². The summed E-state index contributed by atoms with van der Waals surface area (Å²) in [5, 5.41) is 14.5. The molecule has 0 fully saturated rings. The molecule has 3 N–H and O–H groups in total. The molecule has 0 radical (unpaired) electrons. The predicted molar refractivity (Wildman–Crippen MR) is 57.0 cm³/mol. The van der Waals surface area contributed by atoms with Gasteiger partial charge in [-0.15, -0.1) is 0 Å². The minimum absolute atomic E-state index is 0.00945. The van der Waals surface area contributed by atoms with E-state index in [-0.39, 0.29) is 12.5 Å². The summed E-state index contributed by atoms with van der Waals surface area (Å²) in [5.74, 6) is 0.307. The average Bonchev–Trinajstić information content (AvgIpc) is 2.14. The molecule has 1 atom stereocenters. The molecule has 1 amide bonds. The third-order valence-electron chi connectivity index (χ3n) is 2.43. The van der Waals surface area contributed by atoms with Crippen molar-refractivity contribution in [3.63, 3.8) is 0 Å². The van der Waals surface area contributed by atoms with Gasteiger partial charge in [0.15, 0.2) is 0 Å². The summed E-state index contributed by atoms with van der Waals surface area (Å²) in [6.45, 7) is 6.46. The van der Waals surface area contributed by atoms with Gasteiger partial charge in [-0.05, 0) is 33.2 Å². The number of likely N-dealkylation sites (N-methyl/N-ethyl adjacent to an activating group) is 1. The molecule has 0 bridgehead atoms. The smallest absolute Gasteiger partial charge is 0.239 e. The van der Waals surface area contributed by atoms with Crippen molar-refractivity contribution in [3.05, 3.63) is 0 Å². The molecule has 0 aromatic rings. The van der Waals surface area contributed by atoms with Gasteiger partial charge in [0.25, 0.3) is 0 Å². The molecule has 0 spiro atoms. The number of rotatable bonds is 6. The quantitative estimate of drug-likeness (QED) is 0.573. The molecule has 4 heteroatoms. The number of nitrogens with one attached hydrogen (secondary N) is 2. The van der Waals surface area contributed by atoms with Crippen molar-refractivity contribution in [1.29, 1.82) is 0 Å². The van der Waals surface area contributed by atoms with Gasteiger partial charge in [-0.1, -0.05) is 6.92 Å². The van der Waals surface area contributed by atoms with Gasteiger partial charge >= 0.3 is 0 Å². The lowest BCUT2D eigenvalue weighted by molar-refractivity contribution is -0.126. The molecule has 84 valence electrons. The van der Waals surface area contributed by atoms with Crippen LogP contribution in [0, 0.1) is 5.92 Å². The molecular formula is C10H22N2O2. The lowest BCUT2D eigenvalue weighted by Crippen LogP contribution is -2.51. The normalized spacial score (nSPS) is 13.8. The van der Waals surface area contributed by atoms with Crippen molar-refractivity contribution in [2.75, 3.05) is 20.2 Å². The van der Waals surface area contributed by atoms with E-state index in [1.807, 2.05) is 20.8 Å². The average molecular weight is 202 g/mol. The summed E-state index contributed by atoms with van der Waals surface area (Å²) in [4.78, 5) is 11.6. The maximum atomic E-state index is 11.6. The molecule has 0 heterocycles. The van der Waals surface area contributed by atoms with Crippen LogP contribution in [0.3, 0.4) is 0 Å². The van der Waals surface area contributed by atoms with Crippen LogP contribution in [0.4, 0.5) is 0 Å². The van der Waals surface area contributed by atoms with E-state index in [9.17, 15) is 4.79 Å². The summed E-state index contributed by atoms with van der Waals surface area (Å²) < 4.78 is 0. The van der Waals surface area contributed by atoms with E-state index in [1.165, 1.54) is 0 Å². The van der Waals surface area contributed by atoms with Gasteiger partial charge in [0, 0.05) is 13.2 Å². The maximum absolute atomic E-state index is 11.6. The van der Waals surface area contributed by atoms with Crippen LogP contribution < -0.4 is 10.6 Å². The van der Waals surface area contributed by atoms with Crippen LogP contribution in [0.1, 0.15) is 27.2 Å². The Morgan fingerprint density at radius 2 is 2.07 bits per heavy atom. The molecule has 0 saturated heterocycles. The fourth-order valence-corrected chi connectivity index (χ4v) is 0.924. The van der Waals surface area contributed by atoms with Crippen molar-refractivity contribution in [1.82, 2.24) is 10.6 Å². The Kier molecular flexibility index (Phi) is 5.72. The van der Waals surface area contributed by atoms with Crippen LogP contribution in [0.2, 0.25) is 0 Å². The summed E-state index contributed by atoms with van der Waals surface area (Å²) >= 11 is 0. The zero-order valence-corrected chi connectivity index (χ0v) is 9.55. The topological polar surface area (TPSA) is 61.4 Å². The van der Waals surface area contributed by atoms with Crippen LogP contribution in [0.15, 0.2) is 0 Å². The molecule has 0 aromatic heterocycles. The van der Waals surface area contributed by atoms with Gasteiger partial charge in [-0.2, -0.15) is 0 Å². The SMILES string of the molecule is CNC(C)(C)C(=O)NCC(C)CCO. The summed E-state index contributed by atoms with van der Waals surface area (Å²) in [6, 6.07) is 0. The molecule has 0 aliphatic heterocycles. The number of aliphatic hydroxyl groups excluding tert-OH is 1. The number of aliphatic hydroxyl groups is 1. The highest BCUT2D eigenvalue weighted by atomic mass is 16.3. The van der Waals surface area contributed by atoms with E-state index < -0.39 is 5.54 Å². The highest BCUT2D eigenvalue weighted by Gasteiger charge is 2.24. The van der Waals surface area contributed by atoms with E-state index >= 15 is 0 Å². The molecule has 0 aliphatic carbocycles. The highest BCUT2D eigenvalue weighted by molar-refractivity contribution is 5.85. The molecule has 0 saturated carbocycles. The molecule has 1 unspecified atom stereocenters. The largest absolute Gasteiger partial charge is 0.396 e. The molecule has 0 aromatic carbocycles. The van der Waals surface area contributed by atoms with Crippen molar-refractivity contribution < 1.29 is 9.90 Å². The molecule has 14 heavy (non-hydrogen) atoms. The van der Waals surface area contributed by atoms with E-state index in [2.05, 4.69) is 10.6 Å². The Balaban J connectivity index is 3.85. The van der Waals surface area contributed by atoms with Gasteiger partial charge in [0.05, 0.1) is 5.54 Å².